The third kappa shape index (κ3) is 2.91. The van der Waals surface area contributed by atoms with Crippen molar-refractivity contribution in [1.29, 1.82) is 0 Å². The molecule has 20 heavy (non-hydrogen) atoms. The summed E-state index contributed by atoms with van der Waals surface area (Å²) in [5.74, 6) is 0. The number of hydrogen-bond acceptors (Lipinski definition) is 1. The van der Waals surface area contributed by atoms with Gasteiger partial charge in [-0.2, -0.15) is 0 Å². The monoisotopic (exact) mass is 256 g/mol. The van der Waals surface area contributed by atoms with Crippen LogP contribution in [0.4, 0.5) is 17.1 Å². The van der Waals surface area contributed by atoms with Crippen molar-refractivity contribution in [2.75, 3.05) is 4.90 Å². The molecule has 0 aliphatic carbocycles. The Kier molecular flexibility index (Phi) is 4.62. The molecule has 95 valence electrons. The largest absolute Gasteiger partial charge is 0.311 e. The van der Waals surface area contributed by atoms with Crippen molar-refractivity contribution in [1.82, 2.24) is 0 Å². The van der Waals surface area contributed by atoms with Gasteiger partial charge in [-0.1, -0.05) is 54.6 Å². The highest BCUT2D eigenvalue weighted by Crippen LogP contribution is 2.33. The van der Waals surface area contributed by atoms with Gasteiger partial charge in [0.05, 0.1) is 0 Å². The number of rotatable bonds is 3. The van der Waals surface area contributed by atoms with Crippen LogP contribution in [0.15, 0.2) is 91.0 Å². The van der Waals surface area contributed by atoms with E-state index in [4.69, 9.17) is 0 Å². The normalized spacial score (nSPS) is 9.60. The van der Waals surface area contributed by atoms with Crippen LogP contribution in [0.3, 0.4) is 0 Å². The number of para-hydroxylation sites is 3. The van der Waals surface area contributed by atoms with Gasteiger partial charge in [-0.25, -0.2) is 0 Å². The summed E-state index contributed by atoms with van der Waals surface area (Å²) in [4.78, 5) is 2.25. The quantitative estimate of drug-likeness (QED) is 0.610. The SMILES string of the molecule is [B].c1ccc(N(c2ccccc2)c2ccccc2)cc1. The predicted octanol–water partition coefficient (Wildman–Crippen LogP) is 4.78. The zero-order valence-electron chi connectivity index (χ0n) is 11.2. The van der Waals surface area contributed by atoms with Gasteiger partial charge in [0.15, 0.2) is 0 Å². The maximum Gasteiger partial charge on any atom is 0.0461 e. The Morgan fingerprint density at radius 3 is 0.900 bits per heavy atom. The number of nitrogens with zero attached hydrogens (tertiary/aromatic N) is 1. The Balaban J connectivity index is 0.00000147. The van der Waals surface area contributed by atoms with Crippen molar-refractivity contribution < 1.29 is 0 Å². The average molecular weight is 256 g/mol. The number of hydrogen-bond donors (Lipinski definition) is 0. The van der Waals surface area contributed by atoms with Gasteiger partial charge in [-0.05, 0) is 36.4 Å². The highest BCUT2D eigenvalue weighted by Gasteiger charge is 2.10. The fraction of sp³-hybridized carbons (Fsp3) is 0. The van der Waals surface area contributed by atoms with E-state index in [0.29, 0.717) is 0 Å². The van der Waals surface area contributed by atoms with Gasteiger partial charge in [0.25, 0.3) is 0 Å². The minimum Gasteiger partial charge on any atom is -0.311 e. The molecule has 1 nitrogen and oxygen atoms in total. The lowest BCUT2D eigenvalue weighted by Crippen LogP contribution is -2.09. The average Bonchev–Trinajstić information content (AvgIpc) is 2.51. The molecule has 3 rings (SSSR count). The fourth-order valence-corrected chi connectivity index (χ4v) is 2.18. The van der Waals surface area contributed by atoms with E-state index in [1.54, 1.807) is 0 Å². The summed E-state index contributed by atoms with van der Waals surface area (Å²) in [6, 6.07) is 31.3. The topological polar surface area (TPSA) is 3.24 Å². The number of benzene rings is 3. The molecular weight excluding hydrogens is 241 g/mol. The molecule has 0 unspecified atom stereocenters. The first-order valence-electron chi connectivity index (χ1n) is 6.40. The van der Waals surface area contributed by atoms with E-state index in [0.717, 1.165) is 0 Å². The van der Waals surface area contributed by atoms with Crippen molar-refractivity contribution in [2.45, 2.75) is 0 Å². The second-order valence-corrected chi connectivity index (χ2v) is 4.34. The van der Waals surface area contributed by atoms with Gasteiger partial charge in [0.2, 0.25) is 0 Å². The minimum atomic E-state index is 0. The summed E-state index contributed by atoms with van der Waals surface area (Å²) < 4.78 is 0. The molecule has 2 heteroatoms. The first-order chi connectivity index (χ1) is 9.45. The molecule has 0 fully saturated rings. The van der Waals surface area contributed by atoms with Crippen LogP contribution in [-0.4, -0.2) is 8.41 Å². The summed E-state index contributed by atoms with van der Waals surface area (Å²) in [6.45, 7) is 0. The molecule has 0 spiro atoms. The summed E-state index contributed by atoms with van der Waals surface area (Å²) in [7, 11) is 0. The van der Waals surface area contributed by atoms with Crippen LogP contribution in [0.25, 0.3) is 0 Å². The molecule has 3 aromatic carbocycles. The molecule has 3 radical (unpaired) electrons. The van der Waals surface area contributed by atoms with Crippen LogP contribution in [0, 0.1) is 0 Å². The lowest BCUT2D eigenvalue weighted by atomic mass is 10.2. The van der Waals surface area contributed by atoms with Crippen LogP contribution < -0.4 is 4.90 Å². The fourth-order valence-electron chi connectivity index (χ4n) is 2.18. The van der Waals surface area contributed by atoms with Gasteiger partial charge in [0.1, 0.15) is 0 Å². The van der Waals surface area contributed by atoms with E-state index in [1.165, 1.54) is 17.1 Å². The van der Waals surface area contributed by atoms with E-state index >= 15 is 0 Å². The van der Waals surface area contributed by atoms with Crippen molar-refractivity contribution >= 4 is 25.5 Å². The van der Waals surface area contributed by atoms with E-state index in [1.807, 2.05) is 18.2 Å². The number of anilines is 3. The third-order valence-electron chi connectivity index (χ3n) is 3.04. The first kappa shape index (κ1) is 13.9. The highest BCUT2D eigenvalue weighted by atomic mass is 15.1. The van der Waals surface area contributed by atoms with E-state index in [-0.39, 0.29) is 8.41 Å². The summed E-state index contributed by atoms with van der Waals surface area (Å²) in [5.41, 5.74) is 3.50. The van der Waals surface area contributed by atoms with Crippen molar-refractivity contribution in [3.8, 4) is 0 Å². The molecule has 0 aliphatic rings. The Morgan fingerprint density at radius 1 is 0.400 bits per heavy atom. The van der Waals surface area contributed by atoms with Crippen LogP contribution in [0.5, 0.6) is 0 Å². The summed E-state index contributed by atoms with van der Waals surface area (Å²) in [5, 5.41) is 0. The highest BCUT2D eigenvalue weighted by molar-refractivity contribution is 5.76. The standard InChI is InChI=1S/C18H15N.B/c1-4-10-16(11-5-1)19(17-12-6-2-7-13-17)18-14-8-3-9-15-18;/h1-15H;. The Hall–Kier alpha value is -2.48. The maximum absolute atomic E-state index is 2.25. The molecule has 0 amide bonds. The first-order valence-corrected chi connectivity index (χ1v) is 6.40. The van der Waals surface area contributed by atoms with Crippen molar-refractivity contribution in [3.05, 3.63) is 91.0 Å². The molecule has 3 aromatic rings. The summed E-state index contributed by atoms with van der Waals surface area (Å²) >= 11 is 0. The Bertz CT molecular complexity index is 529. The molecule has 0 heterocycles. The van der Waals surface area contributed by atoms with Crippen molar-refractivity contribution in [2.24, 2.45) is 0 Å². The van der Waals surface area contributed by atoms with E-state index in [2.05, 4.69) is 77.7 Å². The third-order valence-corrected chi connectivity index (χ3v) is 3.04. The molecule has 0 atom stereocenters. The molecular formula is C18H15BN. The second-order valence-electron chi connectivity index (χ2n) is 4.34. The zero-order chi connectivity index (χ0) is 12.9. The van der Waals surface area contributed by atoms with Crippen LogP contribution in [-0.2, 0) is 0 Å². The Morgan fingerprint density at radius 2 is 0.650 bits per heavy atom. The van der Waals surface area contributed by atoms with Gasteiger partial charge in [-0.3, -0.25) is 0 Å². The lowest BCUT2D eigenvalue weighted by molar-refractivity contribution is 1.28. The molecule has 0 aliphatic heterocycles. The second kappa shape index (κ2) is 6.62. The minimum absolute atomic E-state index is 0. The Labute approximate surface area is 122 Å². The maximum atomic E-state index is 2.25. The van der Waals surface area contributed by atoms with E-state index < -0.39 is 0 Å². The van der Waals surface area contributed by atoms with Crippen molar-refractivity contribution in [3.63, 3.8) is 0 Å². The van der Waals surface area contributed by atoms with Crippen LogP contribution >= 0.6 is 0 Å². The molecule has 0 bridgehead atoms. The van der Waals surface area contributed by atoms with Gasteiger partial charge in [0, 0.05) is 25.5 Å². The predicted molar refractivity (Wildman–Crippen MR) is 86.9 cm³/mol. The van der Waals surface area contributed by atoms with E-state index in [9.17, 15) is 0 Å². The van der Waals surface area contributed by atoms with Gasteiger partial charge in [-0.15, -0.1) is 0 Å². The smallest absolute Gasteiger partial charge is 0.0461 e. The van der Waals surface area contributed by atoms with Crippen LogP contribution in [0.2, 0.25) is 0 Å². The van der Waals surface area contributed by atoms with Crippen LogP contribution in [0.1, 0.15) is 0 Å². The molecule has 0 aromatic heterocycles. The van der Waals surface area contributed by atoms with Gasteiger partial charge < -0.3 is 4.90 Å². The lowest BCUT2D eigenvalue weighted by Gasteiger charge is -2.25. The van der Waals surface area contributed by atoms with Gasteiger partial charge >= 0.3 is 0 Å². The molecule has 0 saturated heterocycles. The molecule has 0 N–H and O–H groups in total. The molecule has 0 saturated carbocycles. The summed E-state index contributed by atoms with van der Waals surface area (Å²) in [6.07, 6.45) is 0. The zero-order valence-corrected chi connectivity index (χ0v) is 11.2.